The molecule has 1 aromatic rings. The van der Waals surface area contributed by atoms with Crippen LogP contribution in [0.4, 0.5) is 0 Å². The van der Waals surface area contributed by atoms with E-state index in [0.29, 0.717) is 12.5 Å². The third-order valence-electron chi connectivity index (χ3n) is 4.15. The fourth-order valence-corrected chi connectivity index (χ4v) is 3.39. The second kappa shape index (κ2) is 5.13. The van der Waals surface area contributed by atoms with E-state index in [1.807, 2.05) is 24.3 Å². The summed E-state index contributed by atoms with van der Waals surface area (Å²) in [5.41, 5.74) is 0.211. The molecule has 1 heterocycles. The van der Waals surface area contributed by atoms with Crippen LogP contribution in [0.25, 0.3) is 0 Å². The first kappa shape index (κ1) is 14.6. The van der Waals surface area contributed by atoms with Crippen LogP contribution in [0.5, 0.6) is 0 Å². The minimum Gasteiger partial charge on any atom is -0.340 e. The molecule has 1 saturated carbocycles. The predicted molar refractivity (Wildman–Crippen MR) is 83.4 cm³/mol. The second-order valence-electron chi connectivity index (χ2n) is 6.46. The fourth-order valence-electron chi connectivity index (χ4n) is 2.94. The molecule has 2 aliphatic rings. The van der Waals surface area contributed by atoms with Crippen molar-refractivity contribution in [1.82, 2.24) is 10.2 Å². The van der Waals surface area contributed by atoms with Gasteiger partial charge in [-0.25, -0.2) is 0 Å². The van der Waals surface area contributed by atoms with Crippen LogP contribution < -0.4 is 5.32 Å². The summed E-state index contributed by atoms with van der Waals surface area (Å²) >= 11 is 3.45. The average Bonchev–Trinajstić information content (AvgIpc) is 3.19. The van der Waals surface area contributed by atoms with Crippen molar-refractivity contribution in [3.05, 3.63) is 34.3 Å². The molecule has 0 bridgehead atoms. The number of carbonyl (C=O) groups is 2. The Hall–Kier alpha value is -1.36. The third-order valence-corrected chi connectivity index (χ3v) is 4.64. The van der Waals surface area contributed by atoms with E-state index in [-0.39, 0.29) is 17.9 Å². The summed E-state index contributed by atoms with van der Waals surface area (Å²) in [7, 11) is 0. The van der Waals surface area contributed by atoms with Crippen LogP contribution in [0.3, 0.4) is 0 Å². The number of carbonyl (C=O) groups excluding carboxylic acids is 2. The molecule has 0 spiro atoms. The normalized spacial score (nSPS) is 24.9. The largest absolute Gasteiger partial charge is 0.340 e. The Kier molecular flexibility index (Phi) is 3.56. The Balaban J connectivity index is 1.90. The lowest BCUT2D eigenvalue weighted by Crippen LogP contribution is -2.68. The van der Waals surface area contributed by atoms with Gasteiger partial charge in [-0.2, -0.15) is 0 Å². The maximum atomic E-state index is 12.7. The van der Waals surface area contributed by atoms with Crippen molar-refractivity contribution in [2.45, 2.75) is 44.8 Å². The summed E-state index contributed by atoms with van der Waals surface area (Å²) in [6.07, 6.45) is 2.06. The molecule has 1 unspecified atom stereocenters. The molecule has 0 radical (unpaired) electrons. The SMILES string of the molecule is CC1(C)NC(=O)C(C2CC2)N(Cc2cccc(Br)c2)C1=O. The first-order valence-electron chi connectivity index (χ1n) is 7.26. The van der Waals surface area contributed by atoms with E-state index in [1.54, 1.807) is 18.7 Å². The highest BCUT2D eigenvalue weighted by Gasteiger charge is 2.50. The highest BCUT2D eigenvalue weighted by Crippen LogP contribution is 2.38. The number of hydrogen-bond donors (Lipinski definition) is 1. The van der Waals surface area contributed by atoms with Gasteiger partial charge in [0.25, 0.3) is 0 Å². The van der Waals surface area contributed by atoms with Gasteiger partial charge in [0.15, 0.2) is 0 Å². The molecule has 1 aliphatic heterocycles. The zero-order chi connectivity index (χ0) is 15.2. The summed E-state index contributed by atoms with van der Waals surface area (Å²) < 4.78 is 0.983. The zero-order valence-corrected chi connectivity index (χ0v) is 13.8. The molecular weight excluding hydrogens is 332 g/mol. The Labute approximate surface area is 133 Å². The van der Waals surface area contributed by atoms with Crippen molar-refractivity contribution >= 4 is 27.7 Å². The van der Waals surface area contributed by atoms with Gasteiger partial charge in [-0.3, -0.25) is 9.59 Å². The Bertz CT molecular complexity index is 596. The van der Waals surface area contributed by atoms with Crippen molar-refractivity contribution in [3.63, 3.8) is 0 Å². The summed E-state index contributed by atoms with van der Waals surface area (Å²) in [5.74, 6) is 0.299. The molecule has 1 atom stereocenters. The molecule has 1 saturated heterocycles. The Morgan fingerprint density at radius 3 is 2.67 bits per heavy atom. The van der Waals surface area contributed by atoms with Crippen LogP contribution in [0.2, 0.25) is 0 Å². The van der Waals surface area contributed by atoms with Crippen LogP contribution >= 0.6 is 15.9 Å². The summed E-state index contributed by atoms with van der Waals surface area (Å²) in [4.78, 5) is 26.9. The van der Waals surface area contributed by atoms with E-state index in [4.69, 9.17) is 0 Å². The third kappa shape index (κ3) is 2.84. The molecule has 4 nitrogen and oxygen atoms in total. The van der Waals surface area contributed by atoms with Crippen LogP contribution in [-0.4, -0.2) is 28.3 Å². The van der Waals surface area contributed by atoms with Gasteiger partial charge in [-0.15, -0.1) is 0 Å². The van der Waals surface area contributed by atoms with Gasteiger partial charge in [-0.1, -0.05) is 28.1 Å². The molecule has 21 heavy (non-hydrogen) atoms. The highest BCUT2D eigenvalue weighted by molar-refractivity contribution is 9.10. The van der Waals surface area contributed by atoms with Crippen LogP contribution in [0.1, 0.15) is 32.3 Å². The monoisotopic (exact) mass is 350 g/mol. The van der Waals surface area contributed by atoms with E-state index in [2.05, 4.69) is 21.2 Å². The van der Waals surface area contributed by atoms with E-state index in [0.717, 1.165) is 22.9 Å². The quantitative estimate of drug-likeness (QED) is 0.910. The predicted octanol–water partition coefficient (Wildman–Crippen LogP) is 2.46. The van der Waals surface area contributed by atoms with Crippen molar-refractivity contribution < 1.29 is 9.59 Å². The first-order valence-corrected chi connectivity index (χ1v) is 8.05. The standard InChI is InChI=1S/C16H19BrN2O2/c1-16(2)15(21)19(9-10-4-3-5-12(17)8-10)13(11-6-7-11)14(20)18-16/h3-5,8,11,13H,6-7,9H2,1-2H3,(H,18,20). The number of hydrogen-bond acceptors (Lipinski definition) is 2. The smallest absolute Gasteiger partial charge is 0.248 e. The molecule has 0 aromatic heterocycles. The van der Waals surface area contributed by atoms with Gasteiger partial charge >= 0.3 is 0 Å². The van der Waals surface area contributed by atoms with Crippen LogP contribution in [-0.2, 0) is 16.1 Å². The Morgan fingerprint density at radius 1 is 1.33 bits per heavy atom. The molecule has 1 aliphatic carbocycles. The van der Waals surface area contributed by atoms with Gasteiger partial charge in [0.05, 0.1) is 0 Å². The lowest BCUT2D eigenvalue weighted by atomic mass is 9.94. The number of amides is 2. The summed E-state index contributed by atoms with van der Waals surface area (Å²) in [5, 5.41) is 2.86. The lowest BCUT2D eigenvalue weighted by Gasteiger charge is -2.43. The number of halogens is 1. The van der Waals surface area contributed by atoms with Gasteiger partial charge in [0.1, 0.15) is 11.6 Å². The Morgan fingerprint density at radius 2 is 2.05 bits per heavy atom. The molecule has 1 aromatic carbocycles. The maximum absolute atomic E-state index is 12.7. The fraction of sp³-hybridized carbons (Fsp3) is 0.500. The molecule has 112 valence electrons. The minimum atomic E-state index is -0.825. The van der Waals surface area contributed by atoms with Crippen molar-refractivity contribution in [1.29, 1.82) is 0 Å². The average molecular weight is 351 g/mol. The van der Waals surface area contributed by atoms with E-state index >= 15 is 0 Å². The van der Waals surface area contributed by atoms with Crippen LogP contribution in [0.15, 0.2) is 28.7 Å². The van der Waals surface area contributed by atoms with Gasteiger partial charge in [0.2, 0.25) is 11.8 Å². The molecule has 2 amide bonds. The van der Waals surface area contributed by atoms with E-state index in [1.165, 1.54) is 0 Å². The minimum absolute atomic E-state index is 0.000949. The number of benzene rings is 1. The van der Waals surface area contributed by atoms with Gasteiger partial charge < -0.3 is 10.2 Å². The second-order valence-corrected chi connectivity index (χ2v) is 7.38. The molecular formula is C16H19BrN2O2. The number of piperazine rings is 1. The lowest BCUT2D eigenvalue weighted by molar-refractivity contribution is -0.155. The molecule has 5 heteroatoms. The van der Waals surface area contributed by atoms with Crippen LogP contribution in [0, 0.1) is 5.92 Å². The molecule has 1 N–H and O–H groups in total. The topological polar surface area (TPSA) is 49.4 Å². The van der Waals surface area contributed by atoms with Crippen molar-refractivity contribution in [2.24, 2.45) is 5.92 Å². The molecule has 2 fully saturated rings. The van der Waals surface area contributed by atoms with E-state index < -0.39 is 5.54 Å². The van der Waals surface area contributed by atoms with E-state index in [9.17, 15) is 9.59 Å². The number of nitrogens with zero attached hydrogens (tertiary/aromatic N) is 1. The number of nitrogens with one attached hydrogen (secondary N) is 1. The summed E-state index contributed by atoms with van der Waals surface area (Å²) in [6, 6.07) is 7.57. The van der Waals surface area contributed by atoms with Gasteiger partial charge in [-0.05, 0) is 50.3 Å². The molecule has 3 rings (SSSR count). The van der Waals surface area contributed by atoms with Crippen molar-refractivity contribution in [2.75, 3.05) is 0 Å². The first-order chi connectivity index (χ1) is 9.88. The zero-order valence-electron chi connectivity index (χ0n) is 12.2. The van der Waals surface area contributed by atoms with Crippen molar-refractivity contribution in [3.8, 4) is 0 Å². The van der Waals surface area contributed by atoms with Gasteiger partial charge in [0, 0.05) is 11.0 Å². The summed E-state index contributed by atoms with van der Waals surface area (Å²) in [6.45, 7) is 4.02. The maximum Gasteiger partial charge on any atom is 0.248 e. The highest BCUT2D eigenvalue weighted by atomic mass is 79.9. The number of rotatable bonds is 3.